The molecule has 6 nitrogen and oxygen atoms in total. The second-order valence-electron chi connectivity index (χ2n) is 4.83. The number of rotatable bonds is 3. The van der Waals surface area contributed by atoms with Gasteiger partial charge in [-0.1, -0.05) is 18.2 Å². The first kappa shape index (κ1) is 13.4. The number of nitrogens with zero attached hydrogens (tertiary/aromatic N) is 5. The molecular weight excluding hydrogens is 274 g/mol. The van der Waals surface area contributed by atoms with E-state index >= 15 is 0 Å². The molecule has 0 saturated carbocycles. The Bertz CT molecular complexity index is 644. The number of para-hydroxylation sites is 1. The first-order valence-electron chi connectivity index (χ1n) is 6.64. The fraction of sp³-hybridized carbons (Fsp3) is 0.462. The minimum Gasteiger partial charge on any atom is -0.379 e. The van der Waals surface area contributed by atoms with E-state index in [0.29, 0.717) is 11.4 Å². The fourth-order valence-corrected chi connectivity index (χ4v) is 2.48. The van der Waals surface area contributed by atoms with Gasteiger partial charge in [-0.05, 0) is 41.2 Å². The fourth-order valence-electron chi connectivity index (χ4n) is 2.25. The van der Waals surface area contributed by atoms with E-state index in [2.05, 4.69) is 15.3 Å². The Labute approximate surface area is 122 Å². The molecule has 1 aliphatic heterocycles. The van der Waals surface area contributed by atoms with Gasteiger partial charge in [0, 0.05) is 13.1 Å². The molecular formula is C13H17N5OS. The number of hydrogen-bond donors (Lipinski definition) is 0. The van der Waals surface area contributed by atoms with Gasteiger partial charge in [-0.3, -0.25) is 4.90 Å². The molecule has 0 aliphatic carbocycles. The van der Waals surface area contributed by atoms with Crippen LogP contribution in [0.3, 0.4) is 0 Å². The van der Waals surface area contributed by atoms with Gasteiger partial charge in [-0.2, -0.15) is 4.68 Å². The maximum atomic E-state index is 5.48. The van der Waals surface area contributed by atoms with Crippen LogP contribution in [0.25, 0.3) is 5.69 Å². The first-order chi connectivity index (χ1) is 9.75. The highest BCUT2D eigenvalue weighted by Gasteiger charge is 2.13. The van der Waals surface area contributed by atoms with Crippen LogP contribution in [-0.4, -0.2) is 51.0 Å². The molecule has 106 valence electrons. The third-order valence-corrected chi connectivity index (χ3v) is 3.80. The van der Waals surface area contributed by atoms with E-state index in [9.17, 15) is 0 Å². The minimum atomic E-state index is 0.616. The quantitative estimate of drug-likeness (QED) is 0.800. The summed E-state index contributed by atoms with van der Waals surface area (Å²) in [6.45, 7) is 6.03. The molecule has 0 N–H and O–H groups in total. The highest BCUT2D eigenvalue weighted by Crippen LogP contribution is 2.12. The topological polar surface area (TPSA) is 48.1 Å². The van der Waals surface area contributed by atoms with Gasteiger partial charge in [-0.15, -0.1) is 0 Å². The standard InChI is InChI=1S/C13H17N5OS/c1-11-4-2-3-5-12(11)18-13(20)17(14-15-18)10-16-6-8-19-9-7-16/h2-5H,6-10H2,1H3. The van der Waals surface area contributed by atoms with Gasteiger partial charge in [-0.25, -0.2) is 4.68 Å². The lowest BCUT2D eigenvalue weighted by molar-refractivity contribution is 0.0207. The largest absolute Gasteiger partial charge is 0.379 e. The maximum Gasteiger partial charge on any atom is 0.221 e. The molecule has 1 aliphatic rings. The number of aryl methyl sites for hydroxylation is 1. The van der Waals surface area contributed by atoms with Gasteiger partial charge >= 0.3 is 0 Å². The molecule has 0 radical (unpaired) electrons. The average molecular weight is 291 g/mol. The SMILES string of the molecule is Cc1ccccc1-n1nnn(CN2CCOCC2)c1=S. The molecule has 0 bridgehead atoms. The summed E-state index contributed by atoms with van der Waals surface area (Å²) in [6, 6.07) is 8.02. The molecule has 2 aromatic rings. The van der Waals surface area contributed by atoms with Crippen molar-refractivity contribution in [3.63, 3.8) is 0 Å². The zero-order valence-electron chi connectivity index (χ0n) is 11.4. The summed E-state index contributed by atoms with van der Waals surface area (Å²) in [5, 5.41) is 8.35. The summed E-state index contributed by atoms with van der Waals surface area (Å²) in [5.74, 6) is 0. The Hall–Kier alpha value is -1.57. The molecule has 1 aromatic carbocycles. The Morgan fingerprint density at radius 1 is 1.20 bits per heavy atom. The predicted molar refractivity (Wildman–Crippen MR) is 77.3 cm³/mol. The van der Waals surface area contributed by atoms with Crippen molar-refractivity contribution in [2.24, 2.45) is 0 Å². The van der Waals surface area contributed by atoms with E-state index in [0.717, 1.165) is 37.6 Å². The van der Waals surface area contributed by atoms with Crippen molar-refractivity contribution < 1.29 is 4.74 Å². The third-order valence-electron chi connectivity index (χ3n) is 3.42. The monoisotopic (exact) mass is 291 g/mol. The number of morpholine rings is 1. The van der Waals surface area contributed by atoms with Crippen LogP contribution >= 0.6 is 12.2 Å². The van der Waals surface area contributed by atoms with Crippen LogP contribution in [0, 0.1) is 11.7 Å². The number of aromatic nitrogens is 4. The van der Waals surface area contributed by atoms with Crippen molar-refractivity contribution in [1.29, 1.82) is 0 Å². The zero-order chi connectivity index (χ0) is 13.9. The molecule has 2 heterocycles. The summed E-state index contributed by atoms with van der Waals surface area (Å²) in [5.41, 5.74) is 2.10. The van der Waals surface area contributed by atoms with Crippen LogP contribution < -0.4 is 0 Å². The molecule has 1 saturated heterocycles. The lowest BCUT2D eigenvalue weighted by atomic mass is 10.2. The zero-order valence-corrected chi connectivity index (χ0v) is 12.2. The van der Waals surface area contributed by atoms with E-state index in [1.165, 1.54) is 0 Å². The molecule has 0 amide bonds. The average Bonchev–Trinajstić information content (AvgIpc) is 2.82. The molecule has 3 rings (SSSR count). The first-order valence-corrected chi connectivity index (χ1v) is 7.05. The van der Waals surface area contributed by atoms with Gasteiger partial charge in [0.1, 0.15) is 0 Å². The second-order valence-corrected chi connectivity index (χ2v) is 5.20. The Morgan fingerprint density at radius 3 is 2.70 bits per heavy atom. The van der Waals surface area contributed by atoms with Crippen LogP contribution in [0.4, 0.5) is 0 Å². The van der Waals surface area contributed by atoms with Crippen molar-refractivity contribution in [3.05, 3.63) is 34.6 Å². The van der Waals surface area contributed by atoms with Gasteiger partial charge in [0.25, 0.3) is 0 Å². The normalized spacial score (nSPS) is 16.4. The van der Waals surface area contributed by atoms with E-state index < -0.39 is 0 Å². The summed E-state index contributed by atoms with van der Waals surface area (Å²) < 4.78 is 9.43. The summed E-state index contributed by atoms with van der Waals surface area (Å²) in [7, 11) is 0. The van der Waals surface area contributed by atoms with E-state index in [1.54, 1.807) is 9.36 Å². The van der Waals surface area contributed by atoms with Gasteiger partial charge in [0.15, 0.2) is 0 Å². The molecule has 0 spiro atoms. The van der Waals surface area contributed by atoms with E-state index in [4.69, 9.17) is 17.0 Å². The van der Waals surface area contributed by atoms with Crippen molar-refractivity contribution in [2.45, 2.75) is 13.6 Å². The van der Waals surface area contributed by atoms with Crippen molar-refractivity contribution in [3.8, 4) is 5.69 Å². The molecule has 7 heteroatoms. The van der Waals surface area contributed by atoms with E-state index in [-0.39, 0.29) is 0 Å². The van der Waals surface area contributed by atoms with Crippen LogP contribution in [0.5, 0.6) is 0 Å². The Morgan fingerprint density at radius 2 is 1.95 bits per heavy atom. The Kier molecular flexibility index (Phi) is 3.90. The molecule has 0 unspecified atom stereocenters. The summed E-state index contributed by atoms with van der Waals surface area (Å²) in [4.78, 5) is 2.26. The lowest BCUT2D eigenvalue weighted by Crippen LogP contribution is -2.37. The molecule has 0 atom stereocenters. The minimum absolute atomic E-state index is 0.616. The number of hydrogen-bond acceptors (Lipinski definition) is 5. The Balaban J connectivity index is 1.85. The lowest BCUT2D eigenvalue weighted by Gasteiger charge is -2.25. The van der Waals surface area contributed by atoms with Gasteiger partial charge in [0.05, 0.1) is 25.6 Å². The molecule has 20 heavy (non-hydrogen) atoms. The molecule has 1 aromatic heterocycles. The van der Waals surface area contributed by atoms with Crippen LogP contribution in [0.1, 0.15) is 5.56 Å². The smallest absolute Gasteiger partial charge is 0.221 e. The van der Waals surface area contributed by atoms with Crippen molar-refractivity contribution in [1.82, 2.24) is 24.7 Å². The second kappa shape index (κ2) is 5.82. The summed E-state index contributed by atoms with van der Waals surface area (Å²) >= 11 is 5.48. The number of ether oxygens (including phenoxy) is 1. The third kappa shape index (κ3) is 2.65. The van der Waals surface area contributed by atoms with Crippen LogP contribution in [-0.2, 0) is 11.4 Å². The predicted octanol–water partition coefficient (Wildman–Crippen LogP) is 1.40. The highest BCUT2D eigenvalue weighted by molar-refractivity contribution is 7.71. The van der Waals surface area contributed by atoms with Gasteiger partial charge in [0.2, 0.25) is 4.77 Å². The summed E-state index contributed by atoms with van der Waals surface area (Å²) in [6.07, 6.45) is 0. The van der Waals surface area contributed by atoms with Crippen molar-refractivity contribution >= 4 is 12.2 Å². The highest BCUT2D eigenvalue weighted by atomic mass is 32.1. The number of tetrazole rings is 1. The maximum absolute atomic E-state index is 5.48. The van der Waals surface area contributed by atoms with Crippen LogP contribution in [0.15, 0.2) is 24.3 Å². The van der Waals surface area contributed by atoms with Crippen LogP contribution in [0.2, 0.25) is 0 Å². The van der Waals surface area contributed by atoms with Crippen molar-refractivity contribution in [2.75, 3.05) is 26.3 Å². The molecule has 1 fully saturated rings. The van der Waals surface area contributed by atoms with E-state index in [1.807, 2.05) is 31.2 Å². The number of benzene rings is 1. The van der Waals surface area contributed by atoms with Gasteiger partial charge < -0.3 is 4.74 Å².